The van der Waals surface area contributed by atoms with Crippen molar-refractivity contribution in [1.82, 2.24) is 10.3 Å². The van der Waals surface area contributed by atoms with Crippen molar-refractivity contribution in [3.05, 3.63) is 70.2 Å². The van der Waals surface area contributed by atoms with Crippen LogP contribution in [0.2, 0.25) is 0 Å². The summed E-state index contributed by atoms with van der Waals surface area (Å²) in [5, 5.41) is 17.6. The van der Waals surface area contributed by atoms with Crippen LogP contribution >= 0.6 is 11.3 Å². The molecule has 0 spiro atoms. The smallest absolute Gasteiger partial charge is 0.390 e. The molecular formula is C26H24F3N5O3S. The van der Waals surface area contributed by atoms with Crippen molar-refractivity contribution >= 4 is 34.0 Å². The molecule has 0 aliphatic heterocycles. The van der Waals surface area contributed by atoms with Gasteiger partial charge in [0.25, 0.3) is 11.8 Å². The van der Waals surface area contributed by atoms with E-state index >= 15 is 0 Å². The fourth-order valence-corrected chi connectivity index (χ4v) is 4.97. The third-order valence-electron chi connectivity index (χ3n) is 5.77. The van der Waals surface area contributed by atoms with Crippen LogP contribution in [0.15, 0.2) is 48.5 Å². The van der Waals surface area contributed by atoms with Crippen molar-refractivity contribution in [1.29, 1.82) is 5.26 Å². The van der Waals surface area contributed by atoms with E-state index in [9.17, 15) is 22.8 Å². The molecule has 0 saturated heterocycles. The molecule has 2 aromatic carbocycles. The van der Waals surface area contributed by atoms with Crippen molar-refractivity contribution < 1.29 is 27.5 Å². The highest BCUT2D eigenvalue weighted by molar-refractivity contribution is 7.15. The summed E-state index contributed by atoms with van der Waals surface area (Å²) in [7, 11) is 0. The third kappa shape index (κ3) is 7.77. The first-order chi connectivity index (χ1) is 18.2. The van der Waals surface area contributed by atoms with Crippen LogP contribution in [0.3, 0.4) is 0 Å². The molecule has 4 rings (SSSR count). The molecule has 12 heteroatoms. The number of alkyl halides is 3. The van der Waals surface area contributed by atoms with Crippen LogP contribution in [0.1, 0.15) is 39.3 Å². The molecule has 0 bridgehead atoms. The zero-order valence-electron chi connectivity index (χ0n) is 20.1. The van der Waals surface area contributed by atoms with Gasteiger partial charge < -0.3 is 15.4 Å². The van der Waals surface area contributed by atoms with Crippen LogP contribution in [0.25, 0.3) is 0 Å². The number of hydrogen-bond donors (Lipinski definition) is 3. The van der Waals surface area contributed by atoms with Crippen LogP contribution in [0, 0.1) is 11.3 Å². The molecule has 1 atom stereocenters. The van der Waals surface area contributed by atoms with Crippen molar-refractivity contribution in [2.45, 2.75) is 37.9 Å². The fraction of sp³-hybridized carbons (Fsp3) is 0.308. The number of anilines is 2. The van der Waals surface area contributed by atoms with E-state index in [2.05, 4.69) is 20.9 Å². The van der Waals surface area contributed by atoms with Gasteiger partial charge in [-0.25, -0.2) is 4.98 Å². The molecule has 0 fully saturated rings. The second-order valence-electron chi connectivity index (χ2n) is 8.66. The molecule has 0 saturated carbocycles. The lowest BCUT2D eigenvalue weighted by Gasteiger charge is -2.22. The maximum absolute atomic E-state index is 12.8. The van der Waals surface area contributed by atoms with E-state index in [1.807, 2.05) is 6.07 Å². The zero-order chi connectivity index (χ0) is 27.1. The van der Waals surface area contributed by atoms with E-state index in [4.69, 9.17) is 10.00 Å². The number of amides is 2. The lowest BCUT2D eigenvalue weighted by atomic mass is 9.97. The summed E-state index contributed by atoms with van der Waals surface area (Å²) in [6.07, 6.45) is -3.19. The van der Waals surface area contributed by atoms with Crippen molar-refractivity contribution in [3.8, 4) is 11.8 Å². The number of aromatic nitrogens is 1. The molecule has 2 amide bonds. The van der Waals surface area contributed by atoms with Crippen LogP contribution < -0.4 is 20.7 Å². The Balaban J connectivity index is 1.28. The van der Waals surface area contributed by atoms with Gasteiger partial charge in [0.2, 0.25) is 0 Å². The number of benzene rings is 2. The Morgan fingerprint density at radius 1 is 1.16 bits per heavy atom. The highest BCUT2D eigenvalue weighted by atomic mass is 32.1. The number of aryl methyl sites for hydroxylation is 1. The predicted octanol–water partition coefficient (Wildman–Crippen LogP) is 4.68. The Labute approximate surface area is 220 Å². The molecular weight excluding hydrogens is 519 g/mol. The van der Waals surface area contributed by atoms with Gasteiger partial charge in [-0.1, -0.05) is 6.07 Å². The second-order valence-corrected chi connectivity index (χ2v) is 9.74. The normalized spacial score (nSPS) is 14.7. The summed E-state index contributed by atoms with van der Waals surface area (Å²) in [5.74, 6) is -0.466. The Morgan fingerprint density at radius 2 is 1.95 bits per heavy atom. The summed E-state index contributed by atoms with van der Waals surface area (Å²) >= 11 is 1.32. The van der Waals surface area contributed by atoms with Gasteiger partial charge in [-0.15, -0.1) is 11.3 Å². The number of nitrogens with one attached hydrogen (secondary N) is 3. The topological polar surface area (TPSA) is 116 Å². The summed E-state index contributed by atoms with van der Waals surface area (Å²) < 4.78 is 42.7. The Bertz CT molecular complexity index is 1340. The first kappa shape index (κ1) is 27.1. The SMILES string of the molecule is N#Cc1ccc(NC(=O)COc2cccc(C(=O)Nc3nc4c(s3)CC(NCCC(F)(F)F)CC4)c2)cc1. The minimum atomic E-state index is -4.18. The Hall–Kier alpha value is -3.95. The predicted molar refractivity (Wildman–Crippen MR) is 136 cm³/mol. The summed E-state index contributed by atoms with van der Waals surface area (Å²) in [6.45, 7) is -0.399. The van der Waals surface area contributed by atoms with Gasteiger partial charge in [0.05, 0.1) is 23.7 Å². The van der Waals surface area contributed by atoms with Gasteiger partial charge in [-0.3, -0.25) is 14.9 Å². The second kappa shape index (κ2) is 12.1. The summed E-state index contributed by atoms with van der Waals surface area (Å²) in [6, 6.07) is 14.7. The molecule has 1 aliphatic carbocycles. The number of halogens is 3. The number of nitriles is 1. The quantitative estimate of drug-likeness (QED) is 0.361. The standard InChI is InChI=1S/C26H24F3N5O3S/c27-26(28,29)10-11-31-19-8-9-21-22(13-19)38-25(33-21)34-24(36)17-2-1-3-20(12-17)37-15-23(35)32-18-6-4-16(14-30)5-7-18/h1-7,12,19,31H,8-11,13,15H2,(H,32,35)(H,33,34,36). The largest absolute Gasteiger partial charge is 0.484 e. The van der Waals surface area contributed by atoms with Gasteiger partial charge >= 0.3 is 6.18 Å². The molecule has 0 radical (unpaired) electrons. The fourth-order valence-electron chi connectivity index (χ4n) is 3.89. The molecule has 8 nitrogen and oxygen atoms in total. The molecule has 38 heavy (non-hydrogen) atoms. The van der Waals surface area contributed by atoms with E-state index in [0.717, 1.165) is 10.6 Å². The third-order valence-corrected chi connectivity index (χ3v) is 6.80. The van der Waals surface area contributed by atoms with Crippen LogP contribution in [-0.2, 0) is 17.6 Å². The van der Waals surface area contributed by atoms with E-state index in [-0.39, 0.29) is 19.2 Å². The van der Waals surface area contributed by atoms with E-state index < -0.39 is 24.4 Å². The highest BCUT2D eigenvalue weighted by Gasteiger charge is 2.28. The van der Waals surface area contributed by atoms with Crippen LogP contribution in [0.4, 0.5) is 24.0 Å². The average molecular weight is 544 g/mol. The molecule has 1 aromatic heterocycles. The number of thiazole rings is 1. The average Bonchev–Trinajstić information content (AvgIpc) is 3.29. The van der Waals surface area contributed by atoms with Crippen molar-refractivity contribution in [2.75, 3.05) is 23.8 Å². The molecule has 198 valence electrons. The monoisotopic (exact) mass is 543 g/mol. The molecule has 3 N–H and O–H groups in total. The number of carbonyl (C=O) groups is 2. The van der Waals surface area contributed by atoms with Crippen molar-refractivity contribution in [3.63, 3.8) is 0 Å². The summed E-state index contributed by atoms with van der Waals surface area (Å²) in [4.78, 5) is 30.4. The maximum atomic E-state index is 12.8. The van der Waals surface area contributed by atoms with Gasteiger partial charge in [0, 0.05) is 28.7 Å². The van der Waals surface area contributed by atoms with Gasteiger partial charge in [0.15, 0.2) is 11.7 Å². The van der Waals surface area contributed by atoms with Gasteiger partial charge in [-0.05, 0) is 61.7 Å². The number of nitrogens with zero attached hydrogens (tertiary/aromatic N) is 2. The zero-order valence-corrected chi connectivity index (χ0v) is 20.9. The highest BCUT2D eigenvalue weighted by Crippen LogP contribution is 2.30. The number of fused-ring (bicyclic) bond motifs is 1. The van der Waals surface area contributed by atoms with Crippen molar-refractivity contribution in [2.24, 2.45) is 0 Å². The molecule has 1 aliphatic rings. The molecule has 3 aromatic rings. The number of carbonyl (C=O) groups excluding carboxylic acids is 2. The van der Waals surface area contributed by atoms with E-state index in [1.165, 1.54) is 17.4 Å². The first-order valence-electron chi connectivity index (χ1n) is 11.8. The first-order valence-corrected chi connectivity index (χ1v) is 12.6. The lowest BCUT2D eigenvalue weighted by molar-refractivity contribution is -0.133. The lowest BCUT2D eigenvalue weighted by Crippen LogP contribution is -2.36. The minimum Gasteiger partial charge on any atom is -0.484 e. The molecule has 1 unspecified atom stereocenters. The van der Waals surface area contributed by atoms with Gasteiger partial charge in [0.1, 0.15) is 5.75 Å². The number of hydrogen-bond acceptors (Lipinski definition) is 7. The maximum Gasteiger partial charge on any atom is 0.390 e. The summed E-state index contributed by atoms with van der Waals surface area (Å²) in [5.41, 5.74) is 2.17. The Kier molecular flexibility index (Phi) is 8.60. The van der Waals surface area contributed by atoms with Crippen LogP contribution in [0.5, 0.6) is 5.75 Å². The van der Waals surface area contributed by atoms with E-state index in [0.29, 0.717) is 47.0 Å². The number of rotatable bonds is 9. The molecule has 1 heterocycles. The Morgan fingerprint density at radius 3 is 2.68 bits per heavy atom. The minimum absolute atomic E-state index is 0.0585. The van der Waals surface area contributed by atoms with Gasteiger partial charge in [-0.2, -0.15) is 18.4 Å². The number of ether oxygens (including phenoxy) is 1. The van der Waals surface area contributed by atoms with E-state index in [1.54, 1.807) is 42.5 Å². The van der Waals surface area contributed by atoms with Crippen LogP contribution in [-0.4, -0.2) is 42.2 Å².